The Balaban J connectivity index is 1.46. The molecule has 0 aliphatic heterocycles. The smallest absolute Gasteiger partial charge is 0.220 e. The molecule has 9 heteroatoms. The van der Waals surface area contributed by atoms with Gasteiger partial charge in [0.1, 0.15) is 17.1 Å². The maximum atomic E-state index is 12.1. The van der Waals surface area contributed by atoms with E-state index in [0.717, 1.165) is 34.8 Å². The SMILES string of the molecule is CCOCCCNC(=O)CCc1nnc2c3cc(-c4ccc(OC)cc4)nn3ccn12. The number of rotatable bonds is 10. The minimum Gasteiger partial charge on any atom is -0.497 e. The van der Waals surface area contributed by atoms with E-state index in [4.69, 9.17) is 9.47 Å². The minimum atomic E-state index is 0.000436. The van der Waals surface area contributed by atoms with Crippen LogP contribution in [0.5, 0.6) is 5.75 Å². The standard InChI is InChI=1S/C22H26N6O3/c1-3-31-14-4-11-23-21(29)10-9-20-24-25-22-19-15-18(26-28(19)13-12-27(20)22)16-5-7-17(30-2)8-6-16/h5-8,12-13,15H,3-4,9-11,14H2,1-2H3,(H,23,29). The van der Waals surface area contributed by atoms with Crippen LogP contribution in [0.4, 0.5) is 0 Å². The summed E-state index contributed by atoms with van der Waals surface area (Å²) in [6.07, 6.45) is 5.42. The molecule has 162 valence electrons. The Morgan fingerprint density at radius 1 is 1.16 bits per heavy atom. The van der Waals surface area contributed by atoms with Gasteiger partial charge in [-0.15, -0.1) is 10.2 Å². The molecule has 3 aromatic heterocycles. The fourth-order valence-electron chi connectivity index (χ4n) is 3.39. The van der Waals surface area contributed by atoms with Gasteiger partial charge in [-0.3, -0.25) is 9.20 Å². The zero-order valence-electron chi connectivity index (χ0n) is 17.7. The number of hydrogen-bond donors (Lipinski definition) is 1. The van der Waals surface area contributed by atoms with Gasteiger partial charge in [0, 0.05) is 50.6 Å². The maximum Gasteiger partial charge on any atom is 0.220 e. The molecule has 3 heterocycles. The van der Waals surface area contributed by atoms with Crippen LogP contribution in [0.1, 0.15) is 25.6 Å². The van der Waals surface area contributed by atoms with Gasteiger partial charge < -0.3 is 14.8 Å². The molecular formula is C22H26N6O3. The van der Waals surface area contributed by atoms with Gasteiger partial charge in [0.15, 0.2) is 5.65 Å². The topological polar surface area (TPSA) is 95.0 Å². The van der Waals surface area contributed by atoms with Crippen molar-refractivity contribution in [2.75, 3.05) is 26.9 Å². The van der Waals surface area contributed by atoms with Crippen molar-refractivity contribution < 1.29 is 14.3 Å². The van der Waals surface area contributed by atoms with Crippen LogP contribution in [0.25, 0.3) is 22.4 Å². The van der Waals surface area contributed by atoms with Crippen molar-refractivity contribution in [2.45, 2.75) is 26.2 Å². The predicted octanol–water partition coefficient (Wildman–Crippen LogP) is 2.53. The van der Waals surface area contributed by atoms with E-state index < -0.39 is 0 Å². The lowest BCUT2D eigenvalue weighted by atomic mass is 10.1. The Labute approximate surface area is 180 Å². The molecule has 0 bridgehead atoms. The second kappa shape index (κ2) is 9.57. The van der Waals surface area contributed by atoms with Crippen LogP contribution in [-0.2, 0) is 16.0 Å². The zero-order valence-corrected chi connectivity index (χ0v) is 17.7. The predicted molar refractivity (Wildman–Crippen MR) is 116 cm³/mol. The largest absolute Gasteiger partial charge is 0.497 e. The lowest BCUT2D eigenvalue weighted by Crippen LogP contribution is -2.25. The van der Waals surface area contributed by atoms with Crippen LogP contribution in [0.15, 0.2) is 42.7 Å². The van der Waals surface area contributed by atoms with Crippen LogP contribution in [0.2, 0.25) is 0 Å². The lowest BCUT2D eigenvalue weighted by Gasteiger charge is -2.05. The Morgan fingerprint density at radius 3 is 2.77 bits per heavy atom. The molecule has 31 heavy (non-hydrogen) atoms. The van der Waals surface area contributed by atoms with Gasteiger partial charge in [-0.2, -0.15) is 5.10 Å². The highest BCUT2D eigenvalue weighted by atomic mass is 16.5. The number of carbonyl (C=O) groups is 1. The van der Waals surface area contributed by atoms with E-state index in [9.17, 15) is 4.79 Å². The second-order valence-corrected chi connectivity index (χ2v) is 7.10. The molecule has 0 radical (unpaired) electrons. The van der Waals surface area contributed by atoms with Crippen LogP contribution in [-0.4, -0.2) is 57.0 Å². The Hall–Kier alpha value is -3.46. The monoisotopic (exact) mass is 422 g/mol. The number of hydrogen-bond acceptors (Lipinski definition) is 6. The average molecular weight is 422 g/mol. The summed E-state index contributed by atoms with van der Waals surface area (Å²) in [6.45, 7) is 3.93. The van der Waals surface area contributed by atoms with E-state index in [-0.39, 0.29) is 5.91 Å². The van der Waals surface area contributed by atoms with E-state index in [2.05, 4.69) is 20.6 Å². The zero-order chi connectivity index (χ0) is 21.6. The molecule has 0 saturated carbocycles. The van der Waals surface area contributed by atoms with Crippen molar-refractivity contribution in [3.8, 4) is 17.0 Å². The molecule has 9 nitrogen and oxygen atoms in total. The number of aryl methyl sites for hydroxylation is 1. The van der Waals surface area contributed by atoms with Gasteiger partial charge in [-0.25, -0.2) is 4.52 Å². The highest BCUT2D eigenvalue weighted by Gasteiger charge is 2.13. The highest BCUT2D eigenvalue weighted by Crippen LogP contribution is 2.24. The summed E-state index contributed by atoms with van der Waals surface area (Å²) in [4.78, 5) is 12.1. The average Bonchev–Trinajstić information content (AvgIpc) is 3.41. The number of nitrogens with one attached hydrogen (secondary N) is 1. The molecule has 0 fully saturated rings. The van der Waals surface area contributed by atoms with E-state index in [0.29, 0.717) is 38.2 Å². The van der Waals surface area contributed by atoms with Gasteiger partial charge in [0.2, 0.25) is 5.91 Å². The number of ether oxygens (including phenoxy) is 2. The third kappa shape index (κ3) is 4.66. The molecule has 4 rings (SSSR count). The summed E-state index contributed by atoms with van der Waals surface area (Å²) >= 11 is 0. The molecule has 0 spiro atoms. The summed E-state index contributed by atoms with van der Waals surface area (Å²) in [5.74, 6) is 1.55. The number of amides is 1. The molecule has 4 aromatic rings. The van der Waals surface area contributed by atoms with Crippen LogP contribution >= 0.6 is 0 Å². The first-order chi connectivity index (χ1) is 15.2. The summed E-state index contributed by atoms with van der Waals surface area (Å²) < 4.78 is 14.2. The molecule has 0 saturated heterocycles. The summed E-state index contributed by atoms with van der Waals surface area (Å²) in [6, 6.07) is 9.75. The van der Waals surface area contributed by atoms with Gasteiger partial charge >= 0.3 is 0 Å². The van der Waals surface area contributed by atoms with E-state index >= 15 is 0 Å². The van der Waals surface area contributed by atoms with E-state index in [1.807, 2.05) is 54.0 Å². The third-order valence-corrected chi connectivity index (χ3v) is 5.04. The summed E-state index contributed by atoms with van der Waals surface area (Å²) in [5, 5.41) is 16.2. The van der Waals surface area contributed by atoms with Crippen molar-refractivity contribution in [3.05, 3.63) is 48.5 Å². The molecule has 0 atom stereocenters. The fourth-order valence-corrected chi connectivity index (χ4v) is 3.39. The number of methoxy groups -OCH3 is 1. The molecule has 0 aliphatic carbocycles. The number of carbonyl (C=O) groups excluding carboxylic acids is 1. The molecule has 1 aromatic carbocycles. The van der Waals surface area contributed by atoms with Gasteiger partial charge in [-0.1, -0.05) is 0 Å². The first kappa shape index (κ1) is 20.8. The van der Waals surface area contributed by atoms with Crippen LogP contribution in [0.3, 0.4) is 0 Å². The number of aromatic nitrogens is 5. The quantitative estimate of drug-likeness (QED) is 0.395. The fraction of sp³-hybridized carbons (Fsp3) is 0.364. The van der Waals surface area contributed by atoms with Crippen molar-refractivity contribution in [1.82, 2.24) is 29.5 Å². The van der Waals surface area contributed by atoms with Crippen molar-refractivity contribution >= 4 is 17.1 Å². The number of fused-ring (bicyclic) bond motifs is 3. The second-order valence-electron chi connectivity index (χ2n) is 7.10. The number of nitrogens with zero attached hydrogens (tertiary/aromatic N) is 5. The van der Waals surface area contributed by atoms with Crippen LogP contribution in [0, 0.1) is 0 Å². The Kier molecular flexibility index (Phi) is 6.42. The third-order valence-electron chi connectivity index (χ3n) is 5.04. The van der Waals surface area contributed by atoms with Crippen molar-refractivity contribution in [1.29, 1.82) is 0 Å². The van der Waals surface area contributed by atoms with Crippen molar-refractivity contribution in [2.24, 2.45) is 0 Å². The first-order valence-electron chi connectivity index (χ1n) is 10.4. The van der Waals surface area contributed by atoms with Gasteiger partial charge in [-0.05, 0) is 43.7 Å². The Morgan fingerprint density at radius 2 is 2.00 bits per heavy atom. The van der Waals surface area contributed by atoms with Gasteiger partial charge in [0.25, 0.3) is 0 Å². The normalized spacial score (nSPS) is 11.3. The molecule has 1 N–H and O–H groups in total. The van der Waals surface area contributed by atoms with Gasteiger partial charge in [0.05, 0.1) is 12.8 Å². The summed E-state index contributed by atoms with van der Waals surface area (Å²) in [5.41, 5.74) is 3.39. The number of benzene rings is 1. The maximum absolute atomic E-state index is 12.1. The van der Waals surface area contributed by atoms with Crippen LogP contribution < -0.4 is 10.1 Å². The summed E-state index contributed by atoms with van der Waals surface area (Å²) in [7, 11) is 1.64. The molecule has 0 aliphatic rings. The first-order valence-corrected chi connectivity index (χ1v) is 10.4. The highest BCUT2D eigenvalue weighted by molar-refractivity contribution is 5.77. The molecule has 0 unspecified atom stereocenters. The Bertz CT molecular complexity index is 1170. The van der Waals surface area contributed by atoms with Crippen molar-refractivity contribution in [3.63, 3.8) is 0 Å². The van der Waals surface area contributed by atoms with E-state index in [1.54, 1.807) is 11.6 Å². The molecule has 1 amide bonds. The van der Waals surface area contributed by atoms with E-state index in [1.165, 1.54) is 0 Å². The lowest BCUT2D eigenvalue weighted by molar-refractivity contribution is -0.121. The minimum absolute atomic E-state index is 0.000436. The molecular weight excluding hydrogens is 396 g/mol.